The minimum Gasteiger partial charge on any atom is -0.465 e. The molecule has 26 heavy (non-hydrogen) atoms. The molecule has 0 aliphatic heterocycles. The smallest absolute Gasteiger partial charge is 0.407 e. The lowest BCUT2D eigenvalue weighted by molar-refractivity contribution is -0.384. The molecular weight excluding hydrogens is 340 g/mol. The first-order valence-electron chi connectivity index (χ1n) is 8.35. The van der Waals surface area contributed by atoms with Crippen LogP contribution in [-0.2, 0) is 0 Å². The lowest BCUT2D eigenvalue weighted by Crippen LogP contribution is -2.45. The van der Waals surface area contributed by atoms with Crippen LogP contribution in [0.3, 0.4) is 0 Å². The van der Waals surface area contributed by atoms with Crippen LogP contribution in [0.15, 0.2) is 6.20 Å². The van der Waals surface area contributed by atoms with Gasteiger partial charge in [0.25, 0.3) is 0 Å². The largest absolute Gasteiger partial charge is 0.465 e. The summed E-state index contributed by atoms with van der Waals surface area (Å²) in [7, 11) is 0. The van der Waals surface area contributed by atoms with Gasteiger partial charge in [0.15, 0.2) is 0 Å². The highest BCUT2D eigenvalue weighted by Gasteiger charge is 2.25. The molecule has 3 N–H and O–H groups in total. The van der Waals surface area contributed by atoms with Crippen molar-refractivity contribution in [2.24, 2.45) is 0 Å². The van der Waals surface area contributed by atoms with Gasteiger partial charge in [-0.1, -0.05) is 0 Å². The maximum Gasteiger partial charge on any atom is 0.407 e. The first-order valence-corrected chi connectivity index (χ1v) is 8.35. The zero-order chi connectivity index (χ0) is 20.1. The van der Waals surface area contributed by atoms with Gasteiger partial charge < -0.3 is 20.6 Å². The van der Waals surface area contributed by atoms with Crippen LogP contribution >= 0.6 is 0 Å². The fourth-order valence-electron chi connectivity index (χ4n) is 2.20. The Morgan fingerprint density at radius 2 is 1.92 bits per heavy atom. The van der Waals surface area contributed by atoms with Crippen molar-refractivity contribution in [1.29, 1.82) is 0 Å². The van der Waals surface area contributed by atoms with Crippen LogP contribution in [0.25, 0.3) is 0 Å². The second-order valence-electron chi connectivity index (χ2n) is 7.94. The number of carbonyl (C=O) groups is 1. The van der Waals surface area contributed by atoms with E-state index in [1.54, 1.807) is 0 Å². The molecule has 1 heterocycles. The summed E-state index contributed by atoms with van der Waals surface area (Å²) in [4.78, 5) is 31.4. The first-order chi connectivity index (χ1) is 11.8. The second-order valence-corrected chi connectivity index (χ2v) is 7.94. The third-order valence-electron chi connectivity index (χ3n) is 3.34. The predicted octanol–water partition coefficient (Wildman–Crippen LogP) is 3.18. The summed E-state index contributed by atoms with van der Waals surface area (Å²) in [5.74, 6) is 0.391. The number of hydrogen-bond donors (Lipinski definition) is 3. The lowest BCUT2D eigenvalue weighted by atomic mass is 10.1. The topological polar surface area (TPSA) is 134 Å². The van der Waals surface area contributed by atoms with Crippen molar-refractivity contribution in [3.63, 3.8) is 0 Å². The highest BCUT2D eigenvalue weighted by atomic mass is 16.6. The Hall–Kier alpha value is -2.65. The molecule has 1 rings (SSSR count). The van der Waals surface area contributed by atoms with Crippen LogP contribution in [0, 0.1) is 10.1 Å². The Bertz CT molecular complexity index is 651. The van der Waals surface area contributed by atoms with E-state index in [2.05, 4.69) is 20.6 Å². The quantitative estimate of drug-likeness (QED) is 0.379. The summed E-state index contributed by atoms with van der Waals surface area (Å²) in [6.45, 7) is 11.9. The van der Waals surface area contributed by atoms with Gasteiger partial charge in [0.1, 0.15) is 6.20 Å². The minimum atomic E-state index is -0.998. The van der Waals surface area contributed by atoms with Crippen LogP contribution in [0.2, 0.25) is 0 Å². The van der Waals surface area contributed by atoms with Gasteiger partial charge in [0.05, 0.1) is 4.92 Å². The third-order valence-corrected chi connectivity index (χ3v) is 3.34. The summed E-state index contributed by atoms with van der Waals surface area (Å²) >= 11 is 0. The normalized spacial score (nSPS) is 11.8. The van der Waals surface area contributed by atoms with E-state index in [0.717, 1.165) is 6.20 Å². The van der Waals surface area contributed by atoms with E-state index >= 15 is 0 Å². The number of amides is 1. The van der Waals surface area contributed by atoms with Gasteiger partial charge in [0, 0.05) is 24.2 Å². The maximum atomic E-state index is 11.3. The van der Waals surface area contributed by atoms with Crippen LogP contribution in [0.1, 0.15) is 48.0 Å². The Kier molecular flexibility index (Phi) is 6.71. The van der Waals surface area contributed by atoms with Crippen molar-refractivity contribution in [2.45, 2.75) is 59.0 Å². The molecule has 0 unspecified atom stereocenters. The lowest BCUT2D eigenvalue weighted by Gasteiger charge is -2.33. The number of hydrogen-bond acceptors (Lipinski definition) is 7. The summed E-state index contributed by atoms with van der Waals surface area (Å²) in [5, 5.41) is 26.4. The number of nitrogens with one attached hydrogen (secondary N) is 2. The molecule has 0 radical (unpaired) electrons. The van der Waals surface area contributed by atoms with Crippen molar-refractivity contribution in [1.82, 2.24) is 14.9 Å². The number of nitrogens with zero attached hydrogens (tertiary/aromatic N) is 4. The van der Waals surface area contributed by atoms with Gasteiger partial charge in [-0.3, -0.25) is 10.1 Å². The predicted molar refractivity (Wildman–Crippen MR) is 99.7 cm³/mol. The maximum absolute atomic E-state index is 11.3. The number of nitro groups is 1. The Balaban J connectivity index is 2.80. The van der Waals surface area contributed by atoms with Crippen molar-refractivity contribution in [3.8, 4) is 0 Å². The van der Waals surface area contributed by atoms with Crippen LogP contribution < -0.4 is 10.6 Å². The fraction of sp³-hybridized carbons (Fsp3) is 0.688. The monoisotopic (exact) mass is 368 g/mol. The van der Waals surface area contributed by atoms with E-state index in [9.17, 15) is 20.0 Å². The Morgan fingerprint density at radius 3 is 2.38 bits per heavy atom. The van der Waals surface area contributed by atoms with Gasteiger partial charge in [-0.2, -0.15) is 4.98 Å². The fourth-order valence-corrected chi connectivity index (χ4v) is 2.20. The number of carboxylic acid groups (broad SMARTS) is 1. The molecular formula is C16H28N6O4. The molecule has 10 nitrogen and oxygen atoms in total. The molecule has 1 amide bonds. The zero-order valence-corrected chi connectivity index (χ0v) is 16.2. The van der Waals surface area contributed by atoms with Crippen molar-refractivity contribution in [2.75, 3.05) is 23.7 Å². The molecule has 0 spiro atoms. The number of anilines is 2. The average molecular weight is 368 g/mol. The van der Waals surface area contributed by atoms with Gasteiger partial charge in [-0.25, -0.2) is 9.78 Å². The van der Waals surface area contributed by atoms with Gasteiger partial charge in [-0.05, 0) is 48.0 Å². The molecule has 0 bridgehead atoms. The van der Waals surface area contributed by atoms with Crippen molar-refractivity contribution < 1.29 is 14.8 Å². The summed E-state index contributed by atoms with van der Waals surface area (Å²) < 4.78 is 0. The molecule has 0 saturated carbocycles. The van der Waals surface area contributed by atoms with Gasteiger partial charge >= 0.3 is 11.8 Å². The molecule has 0 fully saturated rings. The standard InChI is InChI=1S/C16H28N6O4/c1-15(2,3)20-13-18-10-11(22(25)26)12(19-13)17-8-7-9-21(14(23)24)16(4,5)6/h10H,7-9H2,1-6H3,(H,23,24)(H2,17,18,19,20). The average Bonchev–Trinajstić information content (AvgIpc) is 2.43. The molecule has 146 valence electrons. The van der Waals surface area contributed by atoms with E-state index in [1.165, 1.54) is 4.90 Å². The highest BCUT2D eigenvalue weighted by molar-refractivity contribution is 5.66. The second kappa shape index (κ2) is 8.15. The molecule has 1 aromatic rings. The van der Waals surface area contributed by atoms with Crippen LogP contribution in [0.4, 0.5) is 22.2 Å². The van der Waals surface area contributed by atoms with E-state index in [0.29, 0.717) is 19.5 Å². The summed E-state index contributed by atoms with van der Waals surface area (Å²) in [6.07, 6.45) is 0.636. The number of aromatic nitrogens is 2. The minimum absolute atomic E-state index is 0.106. The molecule has 0 aliphatic carbocycles. The summed E-state index contributed by atoms with van der Waals surface area (Å²) in [6, 6.07) is 0. The number of rotatable bonds is 7. The third kappa shape index (κ3) is 6.69. The summed E-state index contributed by atoms with van der Waals surface area (Å²) in [5.41, 5.74) is -1.03. The Labute approximate surface area is 153 Å². The zero-order valence-electron chi connectivity index (χ0n) is 16.2. The molecule has 0 saturated heterocycles. The molecule has 0 aliphatic rings. The van der Waals surface area contributed by atoms with Gasteiger partial charge in [-0.15, -0.1) is 0 Å². The van der Waals surface area contributed by atoms with Crippen molar-refractivity contribution >= 4 is 23.5 Å². The first kappa shape index (κ1) is 21.4. The highest BCUT2D eigenvalue weighted by Crippen LogP contribution is 2.23. The van der Waals surface area contributed by atoms with Crippen LogP contribution in [0.5, 0.6) is 0 Å². The molecule has 10 heteroatoms. The van der Waals surface area contributed by atoms with Crippen LogP contribution in [-0.4, -0.2) is 55.2 Å². The van der Waals surface area contributed by atoms with Crippen molar-refractivity contribution in [3.05, 3.63) is 16.3 Å². The van der Waals surface area contributed by atoms with E-state index in [1.807, 2.05) is 41.5 Å². The SMILES string of the molecule is CC(C)(C)Nc1ncc([N+](=O)[O-])c(NCCCN(C(=O)O)C(C)(C)C)n1. The van der Waals surface area contributed by atoms with E-state index < -0.39 is 16.6 Å². The molecule has 1 aromatic heterocycles. The van der Waals surface area contributed by atoms with Gasteiger partial charge in [0.2, 0.25) is 11.8 Å². The molecule has 0 atom stereocenters. The van der Waals surface area contributed by atoms with E-state index in [4.69, 9.17) is 0 Å². The van der Waals surface area contributed by atoms with E-state index in [-0.39, 0.29) is 23.0 Å². The molecule has 0 aromatic carbocycles. The Morgan fingerprint density at radius 1 is 1.31 bits per heavy atom.